The maximum absolute atomic E-state index is 14.5. The molecule has 1 atom stereocenters. The Morgan fingerprint density at radius 3 is 1.36 bits per heavy atom. The molecular formula is C46H48Cl2F6Zr. The Kier molecular flexibility index (Phi) is 13.0. The van der Waals surface area contributed by atoms with Crippen LogP contribution < -0.4 is 24.8 Å². The van der Waals surface area contributed by atoms with Gasteiger partial charge in [0, 0.05) is 0 Å². The van der Waals surface area contributed by atoms with Gasteiger partial charge in [-0.25, -0.2) is 0 Å². The number of benzene rings is 4. The Hall–Kier alpha value is -2.73. The van der Waals surface area contributed by atoms with Gasteiger partial charge in [-0.1, -0.05) is 0 Å². The molecule has 0 spiro atoms. The smallest absolute Gasteiger partial charge is 1.00 e. The SMILES string of the molecule is CC1=[C]([Zr+2](=[C](c2cccc(C(F)(F)F)c2)c2cccc(C(F)(F)F)c2)[CH]2c3cc(C(C)(C)C)ccc3-c3ccc(C(C)(C)C)cc32)C(C)C=C1C(C)C.[Cl-].[Cl-]. The van der Waals surface area contributed by atoms with Gasteiger partial charge in [0.1, 0.15) is 0 Å². The van der Waals surface area contributed by atoms with Gasteiger partial charge in [0.25, 0.3) is 0 Å². The molecule has 0 aromatic heterocycles. The molecule has 4 aromatic carbocycles. The summed E-state index contributed by atoms with van der Waals surface area (Å²) in [4.78, 5) is 0. The maximum Gasteiger partial charge on any atom is -1.00 e. The predicted octanol–water partition coefficient (Wildman–Crippen LogP) is 7.79. The summed E-state index contributed by atoms with van der Waals surface area (Å²) in [7, 11) is 0. The van der Waals surface area contributed by atoms with Crippen LogP contribution in [0.2, 0.25) is 0 Å². The molecule has 2 aliphatic rings. The van der Waals surface area contributed by atoms with Crippen LogP contribution in [0.15, 0.2) is 105 Å². The second kappa shape index (κ2) is 15.9. The van der Waals surface area contributed by atoms with Crippen LogP contribution in [0.4, 0.5) is 26.3 Å². The van der Waals surface area contributed by atoms with Crippen LogP contribution in [0.25, 0.3) is 11.1 Å². The summed E-state index contributed by atoms with van der Waals surface area (Å²) in [6.45, 7) is 21.5. The molecule has 292 valence electrons. The molecule has 0 heterocycles. The number of hydrogen-bond donors (Lipinski definition) is 0. The van der Waals surface area contributed by atoms with Crippen molar-refractivity contribution in [1.29, 1.82) is 0 Å². The normalized spacial score (nSPS) is 15.9. The van der Waals surface area contributed by atoms with Crippen LogP contribution in [0, 0.1) is 11.8 Å². The molecule has 0 fully saturated rings. The van der Waals surface area contributed by atoms with Gasteiger partial charge < -0.3 is 24.8 Å². The van der Waals surface area contributed by atoms with E-state index in [1.54, 1.807) is 12.1 Å². The van der Waals surface area contributed by atoms with Crippen molar-refractivity contribution >= 4 is 3.21 Å². The summed E-state index contributed by atoms with van der Waals surface area (Å²) in [5.74, 6) is 0.172. The van der Waals surface area contributed by atoms with Crippen molar-refractivity contribution in [2.24, 2.45) is 11.8 Å². The molecule has 0 nitrogen and oxygen atoms in total. The Morgan fingerprint density at radius 1 is 0.600 bits per heavy atom. The fourth-order valence-electron chi connectivity index (χ4n) is 8.17. The Bertz CT molecular complexity index is 2070. The Balaban J connectivity index is 0.00000336. The summed E-state index contributed by atoms with van der Waals surface area (Å²) in [6, 6.07) is 23.8. The third-order valence-electron chi connectivity index (χ3n) is 10.9. The number of halogens is 8. The zero-order valence-electron chi connectivity index (χ0n) is 32.9. The van der Waals surface area contributed by atoms with E-state index in [-0.39, 0.29) is 51.1 Å². The van der Waals surface area contributed by atoms with E-state index in [2.05, 4.69) is 112 Å². The first kappa shape index (κ1) is 45.0. The third kappa shape index (κ3) is 8.75. The first-order chi connectivity index (χ1) is 24.5. The van der Waals surface area contributed by atoms with Crippen LogP contribution >= 0.6 is 0 Å². The van der Waals surface area contributed by atoms with E-state index < -0.39 is 44.7 Å². The zero-order chi connectivity index (χ0) is 39.0. The van der Waals surface area contributed by atoms with E-state index in [1.165, 1.54) is 21.0 Å². The summed E-state index contributed by atoms with van der Waals surface area (Å²) in [5.41, 5.74) is 7.70. The molecule has 2 aliphatic carbocycles. The van der Waals surface area contributed by atoms with Gasteiger partial charge in [-0.05, 0) is 0 Å². The van der Waals surface area contributed by atoms with E-state index in [9.17, 15) is 26.3 Å². The number of rotatable bonds is 5. The van der Waals surface area contributed by atoms with Gasteiger partial charge in [0.2, 0.25) is 0 Å². The van der Waals surface area contributed by atoms with E-state index in [4.69, 9.17) is 0 Å². The number of fused-ring (bicyclic) bond motifs is 3. The van der Waals surface area contributed by atoms with Gasteiger partial charge >= 0.3 is 320 Å². The van der Waals surface area contributed by atoms with E-state index in [0.29, 0.717) is 14.3 Å². The quantitative estimate of drug-likeness (QED) is 0.180. The molecule has 1 unspecified atom stereocenters. The number of alkyl halides is 6. The third-order valence-corrected chi connectivity index (χ3v) is 20.1. The minimum atomic E-state index is -4.63. The average Bonchev–Trinajstić information content (AvgIpc) is 3.54. The zero-order valence-corrected chi connectivity index (χ0v) is 36.9. The first-order valence-corrected chi connectivity index (χ1v) is 22.2. The number of allylic oxidation sites excluding steroid dienone is 4. The fraction of sp³-hybridized carbons (Fsp3) is 0.370. The molecule has 0 aliphatic heterocycles. The van der Waals surface area contributed by atoms with E-state index in [1.807, 2.05) is 0 Å². The Morgan fingerprint density at radius 2 is 1.02 bits per heavy atom. The van der Waals surface area contributed by atoms with Crippen LogP contribution in [-0.4, -0.2) is 3.21 Å². The van der Waals surface area contributed by atoms with Gasteiger partial charge in [0.15, 0.2) is 0 Å². The van der Waals surface area contributed by atoms with Crippen molar-refractivity contribution in [3.05, 3.63) is 150 Å². The molecule has 0 saturated carbocycles. The summed E-state index contributed by atoms with van der Waals surface area (Å²) in [6.07, 6.45) is -6.98. The van der Waals surface area contributed by atoms with Crippen LogP contribution in [0.5, 0.6) is 0 Å². The largest absolute Gasteiger partial charge is 1.00 e. The first-order valence-electron chi connectivity index (χ1n) is 18.3. The van der Waals surface area contributed by atoms with Crippen LogP contribution in [-0.2, 0) is 44.4 Å². The molecular weight excluding hydrogens is 829 g/mol. The molecule has 6 rings (SSSR count). The molecule has 0 N–H and O–H groups in total. The molecule has 0 bridgehead atoms. The monoisotopic (exact) mass is 874 g/mol. The molecule has 55 heavy (non-hydrogen) atoms. The average molecular weight is 877 g/mol. The van der Waals surface area contributed by atoms with Crippen LogP contribution in [0.3, 0.4) is 0 Å². The van der Waals surface area contributed by atoms with Gasteiger partial charge in [-0.2, -0.15) is 0 Å². The minimum absolute atomic E-state index is 0. The van der Waals surface area contributed by atoms with E-state index >= 15 is 0 Å². The molecule has 0 saturated heterocycles. The fourth-order valence-corrected chi connectivity index (χ4v) is 18.1. The minimum Gasteiger partial charge on any atom is -1.00 e. The molecule has 9 heteroatoms. The van der Waals surface area contributed by atoms with Crippen LogP contribution in [0.1, 0.15) is 117 Å². The second-order valence-corrected chi connectivity index (χ2v) is 23.1. The summed E-state index contributed by atoms with van der Waals surface area (Å²) in [5, 5.41) is 0. The summed E-state index contributed by atoms with van der Waals surface area (Å²) < 4.78 is 88.5. The van der Waals surface area contributed by atoms with Crippen molar-refractivity contribution in [3.63, 3.8) is 0 Å². The van der Waals surface area contributed by atoms with Gasteiger partial charge in [-0.15, -0.1) is 0 Å². The van der Waals surface area contributed by atoms with Crippen molar-refractivity contribution in [1.82, 2.24) is 0 Å². The molecule has 0 amide bonds. The predicted molar refractivity (Wildman–Crippen MR) is 202 cm³/mol. The topological polar surface area (TPSA) is 0 Å². The van der Waals surface area contributed by atoms with Crippen molar-refractivity contribution < 1.29 is 72.4 Å². The summed E-state index contributed by atoms with van der Waals surface area (Å²) >= 11 is -3.80. The molecule has 4 aromatic rings. The Labute approximate surface area is 342 Å². The van der Waals surface area contributed by atoms with E-state index in [0.717, 1.165) is 63.2 Å². The van der Waals surface area contributed by atoms with Gasteiger partial charge in [0.05, 0.1) is 0 Å². The van der Waals surface area contributed by atoms with Crippen molar-refractivity contribution in [3.8, 4) is 11.1 Å². The number of hydrogen-bond acceptors (Lipinski definition) is 0. The standard InChI is InChI=1S/C21H25.C15H8F6.C10H15.2ClH.Zr/c1-20(2,3)16-7-9-18-14(12-16)11-15-13-17(21(4,5)6)8-10-19(15)18;16-14(17,18)12-5-1-3-10(8-12)7-11-4-2-6-13(9-11)15(19,20)21;1-7(2)10-6-8(3)5-9(10)4;;;/h7-13H,1-6H3;1-6,8-9H;6-8H,1-4H3;2*1H;/q;;;;;+2/p-2. The van der Waals surface area contributed by atoms with Crippen molar-refractivity contribution in [2.75, 3.05) is 0 Å². The second-order valence-electron chi connectivity index (χ2n) is 17.1. The maximum atomic E-state index is 14.5. The molecule has 0 radical (unpaired) electrons. The van der Waals surface area contributed by atoms with Gasteiger partial charge in [-0.3, -0.25) is 0 Å². The van der Waals surface area contributed by atoms with Crippen molar-refractivity contribution in [2.45, 2.75) is 96.0 Å².